The zero-order valence-electron chi connectivity index (χ0n) is 15.6. The van der Waals surface area contributed by atoms with Crippen molar-refractivity contribution < 1.29 is 38.1 Å². The summed E-state index contributed by atoms with van der Waals surface area (Å²) in [7, 11) is 0. The second kappa shape index (κ2) is 8.24. The van der Waals surface area contributed by atoms with Gasteiger partial charge in [0.05, 0.1) is 24.4 Å². The molecule has 3 aliphatic rings. The van der Waals surface area contributed by atoms with E-state index in [1.54, 1.807) is 26.0 Å². The van der Waals surface area contributed by atoms with Gasteiger partial charge in [0.25, 0.3) is 0 Å². The van der Waals surface area contributed by atoms with Gasteiger partial charge in [-0.1, -0.05) is 12.2 Å². The number of esters is 4. The molecule has 8 nitrogen and oxygen atoms in total. The van der Waals surface area contributed by atoms with Crippen molar-refractivity contribution in [1.29, 1.82) is 0 Å². The summed E-state index contributed by atoms with van der Waals surface area (Å²) in [5.41, 5.74) is 0.994. The molecule has 0 amide bonds. The van der Waals surface area contributed by atoms with E-state index >= 15 is 0 Å². The molecular weight excluding hydrogens is 368 g/mol. The summed E-state index contributed by atoms with van der Waals surface area (Å²) in [4.78, 5) is 49.0. The lowest BCUT2D eigenvalue weighted by molar-refractivity contribution is -0.143. The highest BCUT2D eigenvalue weighted by atomic mass is 16.6. The fourth-order valence-corrected chi connectivity index (χ4v) is 3.50. The molecule has 0 saturated carbocycles. The third kappa shape index (κ3) is 3.62. The smallest absolute Gasteiger partial charge is 0.339 e. The van der Waals surface area contributed by atoms with Gasteiger partial charge in [0.1, 0.15) is 12.5 Å². The molecule has 28 heavy (non-hydrogen) atoms. The topological polar surface area (TPSA) is 105 Å². The largest absolute Gasteiger partial charge is 0.462 e. The maximum atomic E-state index is 12.5. The highest BCUT2D eigenvalue weighted by Gasteiger charge is 2.37. The van der Waals surface area contributed by atoms with Gasteiger partial charge in [-0.3, -0.25) is 0 Å². The van der Waals surface area contributed by atoms with Gasteiger partial charge in [-0.05, 0) is 26.7 Å². The van der Waals surface area contributed by atoms with Crippen molar-refractivity contribution in [2.45, 2.75) is 26.7 Å². The number of allylic oxidation sites excluding steroid dienone is 2. The van der Waals surface area contributed by atoms with E-state index in [0.717, 1.165) is 12.5 Å². The molecule has 0 aromatic carbocycles. The molecule has 2 atom stereocenters. The normalized spacial score (nSPS) is 29.1. The Hall–Kier alpha value is -3.16. The fraction of sp³-hybridized carbons (Fsp3) is 0.400. The van der Waals surface area contributed by atoms with E-state index in [2.05, 4.69) is 0 Å². The minimum Gasteiger partial charge on any atom is -0.462 e. The first-order valence-electron chi connectivity index (χ1n) is 8.96. The molecule has 8 heteroatoms. The highest BCUT2D eigenvalue weighted by Crippen LogP contribution is 2.34. The summed E-state index contributed by atoms with van der Waals surface area (Å²) in [6.07, 6.45) is 5.73. The molecule has 3 rings (SSSR count). The quantitative estimate of drug-likeness (QED) is 0.352. The Morgan fingerprint density at radius 3 is 1.46 bits per heavy atom. The Labute approximate surface area is 161 Å². The van der Waals surface area contributed by atoms with E-state index in [0.29, 0.717) is 11.1 Å². The van der Waals surface area contributed by atoms with Crippen molar-refractivity contribution in [2.75, 3.05) is 13.2 Å². The van der Waals surface area contributed by atoms with Gasteiger partial charge in [-0.2, -0.15) is 0 Å². The maximum absolute atomic E-state index is 12.5. The van der Waals surface area contributed by atoms with Gasteiger partial charge < -0.3 is 18.9 Å². The lowest BCUT2D eigenvalue weighted by Gasteiger charge is -2.28. The van der Waals surface area contributed by atoms with Gasteiger partial charge in [-0.15, -0.1) is 0 Å². The van der Waals surface area contributed by atoms with Crippen LogP contribution in [0.15, 0.2) is 47.0 Å². The number of carbonyl (C=O) groups is 4. The van der Waals surface area contributed by atoms with Crippen LogP contribution in [0, 0.1) is 11.8 Å². The number of rotatable bonds is 0. The van der Waals surface area contributed by atoms with Crippen molar-refractivity contribution in [3.63, 3.8) is 0 Å². The molecule has 3 heterocycles. The number of hydrogen-bond donors (Lipinski definition) is 0. The van der Waals surface area contributed by atoms with Crippen molar-refractivity contribution in [3.8, 4) is 0 Å². The fourth-order valence-electron chi connectivity index (χ4n) is 3.50. The van der Waals surface area contributed by atoms with E-state index in [-0.39, 0.29) is 37.2 Å². The summed E-state index contributed by atoms with van der Waals surface area (Å²) < 4.78 is 20.6. The Morgan fingerprint density at radius 1 is 0.714 bits per heavy atom. The monoisotopic (exact) mass is 388 g/mol. The summed E-state index contributed by atoms with van der Waals surface area (Å²) in [5, 5.41) is 0. The van der Waals surface area contributed by atoms with E-state index in [9.17, 15) is 19.2 Å². The van der Waals surface area contributed by atoms with E-state index < -0.39 is 35.7 Å². The maximum Gasteiger partial charge on any atom is 0.339 e. The summed E-state index contributed by atoms with van der Waals surface area (Å²) in [6.45, 7) is 3.25. The van der Waals surface area contributed by atoms with E-state index in [1.165, 1.54) is 0 Å². The number of fused-ring (bicyclic) bond motifs is 2. The zero-order chi connectivity index (χ0) is 20.3. The molecule has 0 aromatic heterocycles. The third-order valence-electron chi connectivity index (χ3n) is 4.93. The molecule has 0 N–H and O–H groups in total. The standard InChI is InChI=1S/C20H20O8/c1-3-11-13-5-7-25-20(24)16-10-28-18(22)12(4-2)14(16)6-8-26-19(23)15(13)9-27-17(11)21/h3-4,9-10,13-14H,5-8H2,1-2H3. The lowest BCUT2D eigenvalue weighted by atomic mass is 9.86. The lowest BCUT2D eigenvalue weighted by Crippen LogP contribution is -2.31. The van der Waals surface area contributed by atoms with Gasteiger partial charge in [-0.25, -0.2) is 19.2 Å². The van der Waals surface area contributed by atoms with Crippen LogP contribution in [0.2, 0.25) is 0 Å². The first kappa shape index (κ1) is 19.6. The average molecular weight is 388 g/mol. The van der Waals surface area contributed by atoms with Crippen LogP contribution in [0.1, 0.15) is 26.7 Å². The second-order valence-corrected chi connectivity index (χ2v) is 6.40. The molecule has 0 bridgehead atoms. The number of hydrogen-bond acceptors (Lipinski definition) is 8. The van der Waals surface area contributed by atoms with Gasteiger partial charge in [0.2, 0.25) is 0 Å². The first-order chi connectivity index (χ1) is 13.5. The zero-order valence-corrected chi connectivity index (χ0v) is 15.6. The van der Waals surface area contributed by atoms with Crippen LogP contribution >= 0.6 is 0 Å². The molecule has 148 valence electrons. The van der Waals surface area contributed by atoms with Crippen molar-refractivity contribution in [2.24, 2.45) is 11.8 Å². The Morgan fingerprint density at radius 2 is 1.11 bits per heavy atom. The molecule has 2 unspecified atom stereocenters. The van der Waals surface area contributed by atoms with Crippen LogP contribution in [0.4, 0.5) is 0 Å². The molecule has 3 aliphatic heterocycles. The van der Waals surface area contributed by atoms with Crippen molar-refractivity contribution >= 4 is 23.9 Å². The van der Waals surface area contributed by atoms with Crippen LogP contribution in [0.5, 0.6) is 0 Å². The Bertz CT molecular complexity index is 772. The number of ether oxygens (including phenoxy) is 4. The summed E-state index contributed by atoms with van der Waals surface area (Å²) in [5.74, 6) is -3.52. The number of carbonyl (C=O) groups excluding carboxylic acids is 4. The Kier molecular flexibility index (Phi) is 5.77. The third-order valence-corrected chi connectivity index (χ3v) is 4.93. The molecule has 1 saturated heterocycles. The van der Waals surface area contributed by atoms with E-state index in [1.807, 2.05) is 0 Å². The first-order valence-corrected chi connectivity index (χ1v) is 8.96. The minimum absolute atomic E-state index is 0.0398. The molecule has 1 fully saturated rings. The molecule has 0 spiro atoms. The summed E-state index contributed by atoms with van der Waals surface area (Å²) >= 11 is 0. The van der Waals surface area contributed by atoms with Crippen LogP contribution in [-0.4, -0.2) is 37.1 Å². The summed E-state index contributed by atoms with van der Waals surface area (Å²) in [6, 6.07) is 0. The van der Waals surface area contributed by atoms with Crippen molar-refractivity contribution in [1.82, 2.24) is 0 Å². The molecule has 0 aliphatic carbocycles. The predicted octanol–water partition coefficient (Wildman–Crippen LogP) is 1.87. The van der Waals surface area contributed by atoms with E-state index in [4.69, 9.17) is 18.9 Å². The van der Waals surface area contributed by atoms with Crippen LogP contribution < -0.4 is 0 Å². The molecule has 0 aromatic rings. The van der Waals surface area contributed by atoms with Crippen LogP contribution in [0.3, 0.4) is 0 Å². The molecular formula is C20H20O8. The average Bonchev–Trinajstić information content (AvgIpc) is 2.67. The predicted molar refractivity (Wildman–Crippen MR) is 94.0 cm³/mol. The van der Waals surface area contributed by atoms with Gasteiger partial charge in [0.15, 0.2) is 0 Å². The van der Waals surface area contributed by atoms with Gasteiger partial charge in [0, 0.05) is 23.0 Å². The Balaban J connectivity index is 1.90. The number of cyclic esters (lactones) is 4. The second-order valence-electron chi connectivity index (χ2n) is 6.40. The van der Waals surface area contributed by atoms with Crippen LogP contribution in [-0.2, 0) is 38.1 Å². The minimum atomic E-state index is -0.616. The van der Waals surface area contributed by atoms with Gasteiger partial charge >= 0.3 is 23.9 Å². The van der Waals surface area contributed by atoms with Crippen LogP contribution in [0.25, 0.3) is 0 Å². The highest BCUT2D eigenvalue weighted by molar-refractivity contribution is 5.99. The SMILES string of the molecule is CC=C1C(=O)OC=C2C(=O)OCCC3C(=CC)C(=O)OC=C3C(=O)OCCC12. The van der Waals surface area contributed by atoms with Crippen molar-refractivity contribution in [3.05, 3.63) is 47.0 Å². The molecule has 0 radical (unpaired) electrons.